The first kappa shape index (κ1) is 17.5. The highest BCUT2D eigenvalue weighted by molar-refractivity contribution is 6.44. The number of aryl methyl sites for hydroxylation is 2. The number of nitrogens with one attached hydrogen (secondary N) is 1. The van der Waals surface area contributed by atoms with E-state index in [1.165, 1.54) is 11.0 Å². The number of nitrogens with zero attached hydrogens (tertiary/aromatic N) is 2. The molecular formula is C28H37Cl2N3O2. The maximum atomic E-state index is 12.1. The third-order valence-electron chi connectivity index (χ3n) is 6.58. The van der Waals surface area contributed by atoms with Crippen LogP contribution in [0.2, 0.25) is 10.0 Å². The molecule has 0 spiro atoms. The highest BCUT2D eigenvalue weighted by Crippen LogP contribution is 2.38. The average molecular weight is 527 g/mol. The van der Waals surface area contributed by atoms with E-state index >= 15 is 0 Å². The molecule has 35 heavy (non-hydrogen) atoms. The molecule has 2 aromatic carbocycles. The zero-order chi connectivity index (χ0) is 32.4. The fraction of sp³-hybridized carbons (Fsp3) is 0.536. The molecule has 2 heterocycles. The normalized spacial score (nSPS) is 27.7. The van der Waals surface area contributed by atoms with Crippen LogP contribution in [0.25, 0.3) is 0 Å². The van der Waals surface area contributed by atoms with Gasteiger partial charge in [0.2, 0.25) is 5.91 Å². The van der Waals surface area contributed by atoms with E-state index in [1.54, 1.807) is 13.0 Å². The van der Waals surface area contributed by atoms with E-state index in [1.807, 2.05) is 44.7 Å². The summed E-state index contributed by atoms with van der Waals surface area (Å²) in [6.07, 6.45) is -6.57. The third kappa shape index (κ3) is 5.73. The van der Waals surface area contributed by atoms with E-state index in [4.69, 9.17) is 38.9 Å². The number of amides is 1. The Morgan fingerprint density at radius 1 is 1.06 bits per heavy atom. The second-order valence-electron chi connectivity index (χ2n) is 9.46. The van der Waals surface area contributed by atoms with Gasteiger partial charge in [-0.2, -0.15) is 0 Å². The van der Waals surface area contributed by atoms with Crippen LogP contribution >= 0.6 is 23.2 Å². The van der Waals surface area contributed by atoms with Crippen molar-refractivity contribution in [2.24, 2.45) is 0 Å². The number of hydrogen-bond donors (Lipinski definition) is 1. The van der Waals surface area contributed by atoms with Crippen molar-refractivity contribution in [3.05, 3.63) is 51.0 Å². The standard InChI is InChI=1S/C28H37Cl2N3O2/c1-17-8-9-24(28(30)27(17)29)33-20(4)15-32(16-21(33)5)10-6-7-11-35-25-14-23-22(12-19(25)3)18(2)13-26(34)31-23/h8-9,12,14,18,20-21H,6-7,10-11,13,15-16H2,1-5H3,(H,31,34)/i6D2,7D2,10D2,11D2. The quantitative estimate of drug-likeness (QED) is 0.430. The molecule has 7 heteroatoms. The van der Waals surface area contributed by atoms with Gasteiger partial charge in [-0.25, -0.2) is 0 Å². The topological polar surface area (TPSA) is 44.8 Å². The van der Waals surface area contributed by atoms with Crippen molar-refractivity contribution < 1.29 is 20.5 Å². The van der Waals surface area contributed by atoms with Gasteiger partial charge in [-0.15, -0.1) is 0 Å². The number of fused-ring (bicyclic) bond motifs is 1. The first-order valence-corrected chi connectivity index (χ1v) is 12.5. The minimum Gasteiger partial charge on any atom is -0.493 e. The van der Waals surface area contributed by atoms with Gasteiger partial charge < -0.3 is 15.0 Å². The largest absolute Gasteiger partial charge is 0.493 e. The fourth-order valence-electron chi connectivity index (χ4n) is 4.86. The van der Waals surface area contributed by atoms with Crippen molar-refractivity contribution in [2.45, 2.75) is 71.8 Å². The lowest BCUT2D eigenvalue weighted by Gasteiger charge is -2.46. The Hall–Kier alpha value is -1.95. The van der Waals surface area contributed by atoms with E-state index in [9.17, 15) is 4.79 Å². The second kappa shape index (κ2) is 11.0. The van der Waals surface area contributed by atoms with E-state index in [-0.39, 0.29) is 42.7 Å². The number of piperazine rings is 1. The van der Waals surface area contributed by atoms with Gasteiger partial charge in [0.1, 0.15) is 5.75 Å². The maximum absolute atomic E-state index is 12.1. The van der Waals surface area contributed by atoms with Gasteiger partial charge in [0.25, 0.3) is 0 Å². The number of hydrogen-bond acceptors (Lipinski definition) is 4. The lowest BCUT2D eigenvalue weighted by atomic mass is 9.91. The summed E-state index contributed by atoms with van der Waals surface area (Å²) < 4.78 is 75.0. The van der Waals surface area contributed by atoms with Crippen LogP contribution < -0.4 is 15.0 Å². The number of rotatable bonds is 7. The zero-order valence-electron chi connectivity index (χ0n) is 28.6. The van der Waals surface area contributed by atoms with Crippen LogP contribution in [-0.4, -0.2) is 49.0 Å². The molecule has 0 aromatic heterocycles. The molecule has 2 aromatic rings. The van der Waals surface area contributed by atoms with Crippen molar-refractivity contribution in [1.82, 2.24) is 4.90 Å². The van der Waals surface area contributed by atoms with Crippen LogP contribution in [0.5, 0.6) is 5.75 Å². The van der Waals surface area contributed by atoms with Crippen molar-refractivity contribution in [2.75, 3.05) is 36.4 Å². The molecule has 2 aliphatic heterocycles. The molecule has 2 aliphatic rings. The predicted molar refractivity (Wildman–Crippen MR) is 147 cm³/mol. The minimum atomic E-state index is -3.47. The third-order valence-corrected chi connectivity index (χ3v) is 7.55. The molecule has 1 saturated heterocycles. The van der Waals surface area contributed by atoms with Gasteiger partial charge in [0.15, 0.2) is 0 Å². The maximum Gasteiger partial charge on any atom is 0.224 e. The first-order valence-electron chi connectivity index (χ1n) is 15.8. The fourth-order valence-corrected chi connectivity index (χ4v) is 5.33. The Morgan fingerprint density at radius 2 is 1.77 bits per heavy atom. The van der Waals surface area contributed by atoms with Crippen LogP contribution in [0.1, 0.15) is 73.5 Å². The van der Waals surface area contributed by atoms with Crippen LogP contribution in [0.15, 0.2) is 24.3 Å². The summed E-state index contributed by atoms with van der Waals surface area (Å²) in [4.78, 5) is 15.2. The zero-order valence-corrected chi connectivity index (χ0v) is 22.1. The molecule has 3 atom stereocenters. The van der Waals surface area contributed by atoms with Gasteiger partial charge in [0, 0.05) is 51.6 Å². The molecule has 0 radical (unpaired) electrons. The molecule has 0 bridgehead atoms. The van der Waals surface area contributed by atoms with E-state index < -0.39 is 25.8 Å². The molecule has 1 N–H and O–H groups in total. The van der Waals surface area contributed by atoms with E-state index in [0.29, 0.717) is 33.4 Å². The Kier molecular flexibility index (Phi) is 5.49. The summed E-state index contributed by atoms with van der Waals surface area (Å²) in [5.41, 5.74) is 3.18. The van der Waals surface area contributed by atoms with Gasteiger partial charge >= 0.3 is 0 Å². The summed E-state index contributed by atoms with van der Waals surface area (Å²) in [6, 6.07) is 6.05. The summed E-state index contributed by atoms with van der Waals surface area (Å²) in [5, 5.41) is 3.49. The number of halogens is 2. The van der Waals surface area contributed by atoms with E-state index in [2.05, 4.69) is 5.32 Å². The number of carbonyl (C=O) groups is 1. The van der Waals surface area contributed by atoms with Gasteiger partial charge in [-0.1, -0.05) is 42.3 Å². The number of ether oxygens (including phenoxy) is 1. The van der Waals surface area contributed by atoms with Crippen LogP contribution in [0.3, 0.4) is 0 Å². The summed E-state index contributed by atoms with van der Waals surface area (Å²) in [7, 11) is 0. The summed E-state index contributed by atoms with van der Waals surface area (Å²) in [5.74, 6) is -0.373. The molecule has 4 rings (SSSR count). The number of carbonyl (C=O) groups excluding carboxylic acids is 1. The van der Waals surface area contributed by atoms with E-state index in [0.717, 1.165) is 11.1 Å². The summed E-state index contributed by atoms with van der Waals surface area (Å²) in [6.45, 7) is 2.76. The Labute approximate surface area is 231 Å². The molecule has 0 aliphatic carbocycles. The van der Waals surface area contributed by atoms with Crippen LogP contribution in [-0.2, 0) is 4.79 Å². The number of benzene rings is 2. The van der Waals surface area contributed by atoms with Crippen molar-refractivity contribution in [3.63, 3.8) is 0 Å². The molecule has 5 nitrogen and oxygen atoms in total. The Balaban J connectivity index is 1.60. The highest BCUT2D eigenvalue weighted by atomic mass is 35.5. The SMILES string of the molecule is [2H]C([2H])(Oc1cc2c(cc1C)C(C)CC(=O)N2)C([2H])([2H])C([2H])([2H])C([2H])([2H])N1CC(C)N(c2ccc(C)c(Cl)c2Cl)C(C)C1. The van der Waals surface area contributed by atoms with Crippen LogP contribution in [0.4, 0.5) is 11.4 Å². The lowest BCUT2D eigenvalue weighted by Crippen LogP contribution is -2.57. The van der Waals surface area contributed by atoms with Crippen molar-refractivity contribution >= 4 is 40.5 Å². The smallest absolute Gasteiger partial charge is 0.224 e. The first-order chi connectivity index (χ1) is 19.6. The van der Waals surface area contributed by atoms with Gasteiger partial charge in [-0.05, 0) is 75.6 Å². The average Bonchev–Trinajstić information content (AvgIpc) is 2.88. The second-order valence-corrected chi connectivity index (χ2v) is 10.2. The van der Waals surface area contributed by atoms with Crippen LogP contribution in [0, 0.1) is 13.8 Å². The van der Waals surface area contributed by atoms with Crippen molar-refractivity contribution in [1.29, 1.82) is 0 Å². The lowest BCUT2D eigenvalue weighted by molar-refractivity contribution is -0.116. The Bertz CT molecular complexity index is 1410. The monoisotopic (exact) mass is 525 g/mol. The molecule has 3 unspecified atom stereocenters. The highest BCUT2D eigenvalue weighted by Gasteiger charge is 2.31. The number of anilines is 2. The predicted octanol–water partition coefficient (Wildman–Crippen LogP) is 6.81. The minimum absolute atomic E-state index is 0.000421. The Morgan fingerprint density at radius 3 is 2.49 bits per heavy atom. The molecule has 0 saturated carbocycles. The molecule has 1 fully saturated rings. The van der Waals surface area contributed by atoms with Gasteiger partial charge in [-0.3, -0.25) is 9.69 Å². The molecular weight excluding hydrogens is 481 g/mol. The molecule has 190 valence electrons. The van der Waals surface area contributed by atoms with Gasteiger partial charge in [0.05, 0.1) is 25.0 Å². The molecule has 1 amide bonds. The van der Waals surface area contributed by atoms with Crippen molar-refractivity contribution in [3.8, 4) is 5.75 Å². The summed E-state index contributed by atoms with van der Waals surface area (Å²) >= 11 is 12.9.